The Morgan fingerprint density at radius 1 is 1.47 bits per heavy atom. The van der Waals surface area contributed by atoms with Gasteiger partial charge in [-0.1, -0.05) is 25.6 Å². The first-order valence-electron chi connectivity index (χ1n) is 5.91. The van der Waals surface area contributed by atoms with Gasteiger partial charge in [0, 0.05) is 29.7 Å². The van der Waals surface area contributed by atoms with Crippen LogP contribution in [0.15, 0.2) is 17.4 Å². The minimum absolute atomic E-state index is 0.160. The van der Waals surface area contributed by atoms with E-state index in [9.17, 15) is 5.11 Å². The second-order valence-electron chi connectivity index (χ2n) is 4.32. The van der Waals surface area contributed by atoms with Crippen molar-refractivity contribution in [3.05, 3.63) is 18.0 Å². The van der Waals surface area contributed by atoms with Gasteiger partial charge in [0.2, 0.25) is 0 Å². The molecule has 0 aliphatic carbocycles. The summed E-state index contributed by atoms with van der Waals surface area (Å²) in [7, 11) is 0. The normalized spacial score (nSPS) is 13.0. The van der Waals surface area contributed by atoms with Crippen molar-refractivity contribution in [1.82, 2.24) is 15.3 Å². The molecule has 0 saturated heterocycles. The van der Waals surface area contributed by atoms with Crippen molar-refractivity contribution in [3.63, 3.8) is 0 Å². The zero-order valence-electron chi connectivity index (χ0n) is 10.7. The van der Waals surface area contributed by atoms with Gasteiger partial charge in [-0.2, -0.15) is 0 Å². The second kappa shape index (κ2) is 7.63. The lowest BCUT2D eigenvalue weighted by Gasteiger charge is -2.18. The average Bonchev–Trinajstić information content (AvgIpc) is 2.27. The van der Waals surface area contributed by atoms with Crippen LogP contribution in [0.5, 0.6) is 0 Å². The lowest BCUT2D eigenvalue weighted by molar-refractivity contribution is 0.232. The monoisotopic (exact) mass is 255 g/mol. The molecule has 1 atom stereocenters. The maximum Gasteiger partial charge on any atom is 0.187 e. The third kappa shape index (κ3) is 6.00. The van der Waals surface area contributed by atoms with Crippen molar-refractivity contribution in [2.45, 2.75) is 44.4 Å². The molecule has 0 amide bonds. The summed E-state index contributed by atoms with van der Waals surface area (Å²) in [5.41, 5.74) is 0.988. The van der Waals surface area contributed by atoms with Crippen LogP contribution < -0.4 is 5.32 Å². The summed E-state index contributed by atoms with van der Waals surface area (Å²) in [6, 6.07) is 2.45. The fraction of sp³-hybridized carbons (Fsp3) is 0.667. The number of aliphatic hydroxyl groups is 1. The Hall–Kier alpha value is -0.650. The van der Waals surface area contributed by atoms with E-state index in [1.165, 1.54) is 0 Å². The third-order valence-corrected chi connectivity index (χ3v) is 3.15. The molecule has 0 saturated carbocycles. The van der Waals surface area contributed by atoms with Crippen LogP contribution in [0.1, 0.15) is 26.0 Å². The fourth-order valence-electron chi connectivity index (χ4n) is 1.49. The van der Waals surface area contributed by atoms with E-state index in [1.807, 2.05) is 13.0 Å². The number of aromatic nitrogens is 2. The van der Waals surface area contributed by atoms with Gasteiger partial charge in [0.15, 0.2) is 5.16 Å². The first-order chi connectivity index (χ1) is 8.11. The molecule has 5 heteroatoms. The third-order valence-electron chi connectivity index (χ3n) is 2.26. The second-order valence-corrected chi connectivity index (χ2v) is 5.38. The van der Waals surface area contributed by atoms with Crippen molar-refractivity contribution in [2.24, 2.45) is 0 Å². The van der Waals surface area contributed by atoms with Crippen LogP contribution in [0.4, 0.5) is 0 Å². The van der Waals surface area contributed by atoms with E-state index in [-0.39, 0.29) is 12.6 Å². The van der Waals surface area contributed by atoms with E-state index in [0.717, 1.165) is 23.0 Å². The molecule has 96 valence electrons. The molecule has 1 heterocycles. The van der Waals surface area contributed by atoms with Crippen LogP contribution in [0.25, 0.3) is 0 Å². The lowest BCUT2D eigenvalue weighted by atomic mass is 10.2. The Labute approximate surface area is 107 Å². The van der Waals surface area contributed by atoms with E-state index in [4.69, 9.17) is 0 Å². The first-order valence-corrected chi connectivity index (χ1v) is 6.89. The molecular weight excluding hydrogens is 234 g/mol. The molecule has 4 nitrogen and oxygen atoms in total. The first kappa shape index (κ1) is 14.4. The van der Waals surface area contributed by atoms with E-state index in [1.54, 1.807) is 18.0 Å². The van der Waals surface area contributed by atoms with Gasteiger partial charge >= 0.3 is 0 Å². The van der Waals surface area contributed by atoms with E-state index in [0.29, 0.717) is 6.04 Å². The summed E-state index contributed by atoms with van der Waals surface area (Å²) in [6.07, 6.45) is 2.69. The van der Waals surface area contributed by atoms with Crippen LogP contribution in [-0.4, -0.2) is 39.5 Å². The highest BCUT2D eigenvalue weighted by molar-refractivity contribution is 7.99. The minimum atomic E-state index is 0.160. The molecular formula is C12H21N3OS. The highest BCUT2D eigenvalue weighted by atomic mass is 32.2. The van der Waals surface area contributed by atoms with Gasteiger partial charge in [-0.3, -0.25) is 0 Å². The molecule has 0 spiro atoms. The van der Waals surface area contributed by atoms with Gasteiger partial charge < -0.3 is 10.4 Å². The van der Waals surface area contributed by atoms with Gasteiger partial charge in [0.25, 0.3) is 0 Å². The predicted octanol–water partition coefficient (Wildman–Crippen LogP) is 1.63. The van der Waals surface area contributed by atoms with E-state index >= 15 is 0 Å². The number of nitrogens with zero attached hydrogens (tertiary/aromatic N) is 2. The zero-order valence-corrected chi connectivity index (χ0v) is 11.5. The van der Waals surface area contributed by atoms with E-state index in [2.05, 4.69) is 29.1 Å². The Bertz CT molecular complexity index is 333. The largest absolute Gasteiger partial charge is 0.395 e. The Morgan fingerprint density at radius 3 is 2.82 bits per heavy atom. The van der Waals surface area contributed by atoms with Gasteiger partial charge in [0.1, 0.15) is 0 Å². The van der Waals surface area contributed by atoms with Crippen LogP contribution in [-0.2, 0) is 0 Å². The van der Waals surface area contributed by atoms with Gasteiger partial charge in [-0.05, 0) is 19.4 Å². The molecule has 2 N–H and O–H groups in total. The number of thioether (sulfide) groups is 1. The van der Waals surface area contributed by atoms with Gasteiger partial charge in [0.05, 0.1) is 6.61 Å². The van der Waals surface area contributed by atoms with Gasteiger partial charge in [-0.25, -0.2) is 9.97 Å². The Morgan fingerprint density at radius 2 is 2.24 bits per heavy atom. The highest BCUT2D eigenvalue weighted by Crippen LogP contribution is 2.14. The number of hydrogen-bond donors (Lipinski definition) is 2. The number of nitrogens with one attached hydrogen (secondary N) is 1. The zero-order chi connectivity index (χ0) is 12.7. The quantitative estimate of drug-likeness (QED) is 0.573. The molecule has 0 aromatic carbocycles. The molecule has 0 bridgehead atoms. The number of rotatable bonds is 7. The summed E-state index contributed by atoms with van der Waals surface area (Å²) < 4.78 is 0. The van der Waals surface area contributed by atoms with Gasteiger partial charge in [-0.15, -0.1) is 0 Å². The lowest BCUT2D eigenvalue weighted by Crippen LogP contribution is -2.37. The van der Waals surface area contributed by atoms with Crippen LogP contribution in [0, 0.1) is 6.92 Å². The van der Waals surface area contributed by atoms with Crippen molar-refractivity contribution in [3.8, 4) is 0 Å². The summed E-state index contributed by atoms with van der Waals surface area (Å²) in [4.78, 5) is 8.52. The molecule has 0 aliphatic heterocycles. The standard InChI is InChI=1S/C12H21N3OS/c1-9(2)14-11(8-16)5-7-17-12-13-6-4-10(3)15-12/h4,6,9,11,14,16H,5,7-8H2,1-3H3. The minimum Gasteiger partial charge on any atom is -0.395 e. The highest BCUT2D eigenvalue weighted by Gasteiger charge is 2.08. The average molecular weight is 255 g/mol. The van der Waals surface area contributed by atoms with Crippen molar-refractivity contribution >= 4 is 11.8 Å². The summed E-state index contributed by atoms with van der Waals surface area (Å²) in [6.45, 7) is 6.30. The van der Waals surface area contributed by atoms with Crippen molar-refractivity contribution in [2.75, 3.05) is 12.4 Å². The molecule has 1 rings (SSSR count). The van der Waals surface area contributed by atoms with Crippen LogP contribution >= 0.6 is 11.8 Å². The Kier molecular flexibility index (Phi) is 6.47. The SMILES string of the molecule is Cc1ccnc(SCCC(CO)NC(C)C)n1. The van der Waals surface area contributed by atoms with Crippen LogP contribution in [0.3, 0.4) is 0 Å². The summed E-state index contributed by atoms with van der Waals surface area (Å²) >= 11 is 1.63. The molecule has 0 fully saturated rings. The smallest absolute Gasteiger partial charge is 0.187 e. The fourth-order valence-corrected chi connectivity index (χ4v) is 2.42. The number of aryl methyl sites for hydroxylation is 1. The molecule has 17 heavy (non-hydrogen) atoms. The summed E-state index contributed by atoms with van der Waals surface area (Å²) in [5, 5.41) is 13.3. The molecule has 1 aromatic rings. The number of hydrogen-bond acceptors (Lipinski definition) is 5. The van der Waals surface area contributed by atoms with Crippen molar-refractivity contribution in [1.29, 1.82) is 0 Å². The molecule has 1 aromatic heterocycles. The molecule has 0 radical (unpaired) electrons. The molecule has 1 unspecified atom stereocenters. The van der Waals surface area contributed by atoms with Crippen LogP contribution in [0.2, 0.25) is 0 Å². The molecule has 0 aliphatic rings. The number of aliphatic hydroxyl groups excluding tert-OH is 1. The van der Waals surface area contributed by atoms with E-state index < -0.39 is 0 Å². The maximum atomic E-state index is 9.21. The van der Waals surface area contributed by atoms with Crippen molar-refractivity contribution < 1.29 is 5.11 Å². The predicted molar refractivity (Wildman–Crippen MR) is 71.3 cm³/mol. The maximum absolute atomic E-state index is 9.21. The topological polar surface area (TPSA) is 58.0 Å². The Balaban J connectivity index is 2.31. The summed E-state index contributed by atoms with van der Waals surface area (Å²) in [5.74, 6) is 0.911.